The first kappa shape index (κ1) is 14.5. The molecular weight excluding hydrogens is 238 g/mol. The third kappa shape index (κ3) is 3.35. The van der Waals surface area contributed by atoms with E-state index in [1.165, 1.54) is 44.9 Å². The smallest absolute Gasteiger partial charge is 0.0968 e. The van der Waals surface area contributed by atoms with Gasteiger partial charge in [-0.3, -0.25) is 5.32 Å². The van der Waals surface area contributed by atoms with Gasteiger partial charge in [-0.15, -0.1) is 0 Å². The van der Waals surface area contributed by atoms with Gasteiger partial charge in [-0.25, -0.2) is 0 Å². The lowest BCUT2D eigenvalue weighted by Gasteiger charge is -2.39. The number of likely N-dealkylation sites (N-methyl/N-ethyl adjacent to an activating group) is 2. The van der Waals surface area contributed by atoms with Gasteiger partial charge in [0.2, 0.25) is 0 Å². The Morgan fingerprint density at radius 2 is 1.83 bits per heavy atom. The fourth-order valence-corrected chi connectivity index (χ4v) is 6.06. The summed E-state index contributed by atoms with van der Waals surface area (Å²) in [6, 6.07) is 0.636. The van der Waals surface area contributed by atoms with Crippen LogP contribution in [-0.2, 0) is 0 Å². The minimum atomic E-state index is -0.120. The molecule has 0 aromatic heterocycles. The second-order valence-electron chi connectivity index (χ2n) is 6.04. The van der Waals surface area contributed by atoms with Crippen molar-refractivity contribution < 1.29 is 0 Å². The molecule has 0 heterocycles. The van der Waals surface area contributed by atoms with E-state index in [0.717, 1.165) is 18.6 Å². The summed E-state index contributed by atoms with van der Waals surface area (Å²) in [5, 5.41) is 7.47. The lowest BCUT2D eigenvalue weighted by molar-refractivity contribution is 0.252. The molecule has 2 unspecified atom stereocenters. The third-order valence-corrected chi connectivity index (χ3v) is 7.01. The summed E-state index contributed by atoms with van der Waals surface area (Å²) < 4.78 is 0. The first-order valence-corrected chi connectivity index (χ1v) is 9.56. The van der Waals surface area contributed by atoms with Gasteiger partial charge >= 0.3 is 0 Å². The van der Waals surface area contributed by atoms with E-state index in [4.69, 9.17) is 0 Å². The Hall–Kier alpha value is 0.0969. The van der Waals surface area contributed by atoms with Crippen LogP contribution in [0.2, 0.25) is 5.54 Å². The number of rotatable bonds is 7. The maximum Gasteiger partial charge on any atom is 0.0968 e. The predicted octanol–water partition coefficient (Wildman–Crippen LogP) is 1.49. The van der Waals surface area contributed by atoms with Crippen LogP contribution in [0.1, 0.15) is 58.8 Å². The zero-order valence-electron chi connectivity index (χ0n) is 12.2. The molecule has 0 spiro atoms. The molecule has 0 amide bonds. The molecule has 2 aliphatic rings. The van der Waals surface area contributed by atoms with Gasteiger partial charge in [0.25, 0.3) is 0 Å². The van der Waals surface area contributed by atoms with Crippen LogP contribution in [0.15, 0.2) is 0 Å². The second-order valence-corrected chi connectivity index (χ2v) is 7.95. The molecule has 106 valence electrons. The van der Waals surface area contributed by atoms with Crippen LogP contribution >= 0.6 is 0 Å². The summed E-state index contributed by atoms with van der Waals surface area (Å²) in [6.07, 6.45) is 9.93. The Kier molecular flexibility index (Phi) is 5.67. The Balaban J connectivity index is 1.91. The van der Waals surface area contributed by atoms with Crippen molar-refractivity contribution in [2.24, 2.45) is 0 Å². The number of hydrogen-bond acceptors (Lipinski definition) is 3. The van der Waals surface area contributed by atoms with E-state index in [0.29, 0.717) is 6.04 Å². The minimum absolute atomic E-state index is 0.120. The highest BCUT2D eigenvalue weighted by molar-refractivity contribution is 6.34. The summed E-state index contributed by atoms with van der Waals surface area (Å²) >= 11 is 0. The van der Waals surface area contributed by atoms with E-state index in [1.807, 2.05) is 0 Å². The first-order valence-electron chi connectivity index (χ1n) is 8.04. The molecule has 4 heteroatoms. The standard InChI is InChI=1S/C14H31N3Si/c1-3-15-13-10-7-11-14(13,16-4-2)17-18-12-8-5-6-9-12/h12-13,15-17H,3-11,18H2,1-2H3. The van der Waals surface area contributed by atoms with Gasteiger partial charge in [-0.1, -0.05) is 39.5 Å². The van der Waals surface area contributed by atoms with Crippen molar-refractivity contribution in [3.05, 3.63) is 0 Å². The molecule has 2 fully saturated rings. The van der Waals surface area contributed by atoms with Crippen molar-refractivity contribution >= 4 is 9.68 Å². The van der Waals surface area contributed by atoms with Crippen LogP contribution < -0.4 is 15.6 Å². The average molecular weight is 270 g/mol. The molecule has 2 saturated carbocycles. The quantitative estimate of drug-likeness (QED) is 0.484. The minimum Gasteiger partial charge on any atom is -0.324 e. The highest BCUT2D eigenvalue weighted by Gasteiger charge is 2.41. The SMILES string of the molecule is CCNC1CCCC1(NCC)N[SiH2]C1CCCC1. The summed E-state index contributed by atoms with van der Waals surface area (Å²) in [6.45, 7) is 6.63. The molecule has 2 rings (SSSR count). The summed E-state index contributed by atoms with van der Waals surface area (Å²) in [5.74, 6) is 0. The molecule has 2 aliphatic carbocycles. The highest BCUT2D eigenvalue weighted by atomic mass is 28.2. The van der Waals surface area contributed by atoms with E-state index in [-0.39, 0.29) is 15.3 Å². The molecule has 0 saturated heterocycles. The summed E-state index contributed by atoms with van der Waals surface area (Å²) in [4.78, 5) is 4.04. The summed E-state index contributed by atoms with van der Waals surface area (Å²) in [7, 11) is -0.120. The van der Waals surface area contributed by atoms with E-state index in [2.05, 4.69) is 29.5 Å². The fraction of sp³-hybridized carbons (Fsp3) is 1.00. The topological polar surface area (TPSA) is 36.1 Å². The molecule has 0 bridgehead atoms. The van der Waals surface area contributed by atoms with Crippen LogP contribution in [0, 0.1) is 0 Å². The molecule has 3 nitrogen and oxygen atoms in total. The van der Waals surface area contributed by atoms with E-state index in [1.54, 1.807) is 0 Å². The molecule has 0 aromatic carbocycles. The second kappa shape index (κ2) is 7.03. The highest BCUT2D eigenvalue weighted by Crippen LogP contribution is 2.31. The van der Waals surface area contributed by atoms with Crippen molar-refractivity contribution in [1.29, 1.82) is 0 Å². The Labute approximate surface area is 115 Å². The average Bonchev–Trinajstić information content (AvgIpc) is 2.99. The number of hydrogen-bond donors (Lipinski definition) is 3. The lowest BCUT2D eigenvalue weighted by atomic mass is 10.1. The maximum atomic E-state index is 4.04. The van der Waals surface area contributed by atoms with Gasteiger partial charge in [0.05, 0.1) is 15.3 Å². The van der Waals surface area contributed by atoms with Crippen LogP contribution in [0.4, 0.5) is 0 Å². The Morgan fingerprint density at radius 3 is 2.50 bits per heavy atom. The lowest BCUT2D eigenvalue weighted by Crippen LogP contribution is -2.66. The van der Waals surface area contributed by atoms with Crippen LogP contribution in [0.3, 0.4) is 0 Å². The molecule has 18 heavy (non-hydrogen) atoms. The van der Waals surface area contributed by atoms with E-state index < -0.39 is 0 Å². The molecule has 0 aromatic rings. The molecule has 0 radical (unpaired) electrons. The van der Waals surface area contributed by atoms with Crippen LogP contribution in [0.5, 0.6) is 0 Å². The normalized spacial score (nSPS) is 34.0. The third-order valence-electron chi connectivity index (χ3n) is 4.78. The largest absolute Gasteiger partial charge is 0.324 e. The van der Waals surface area contributed by atoms with E-state index in [9.17, 15) is 0 Å². The molecule has 0 aliphatic heterocycles. The Morgan fingerprint density at radius 1 is 1.06 bits per heavy atom. The fourth-order valence-electron chi connectivity index (χ4n) is 3.87. The van der Waals surface area contributed by atoms with Gasteiger partial charge in [-0.05, 0) is 37.9 Å². The Bertz CT molecular complexity index is 243. The van der Waals surface area contributed by atoms with Gasteiger partial charge < -0.3 is 10.3 Å². The van der Waals surface area contributed by atoms with Gasteiger partial charge in [0.15, 0.2) is 0 Å². The molecule has 2 atom stereocenters. The zero-order chi connectivity index (χ0) is 12.8. The van der Waals surface area contributed by atoms with Gasteiger partial charge in [-0.2, -0.15) is 0 Å². The van der Waals surface area contributed by atoms with Crippen molar-refractivity contribution in [3.8, 4) is 0 Å². The van der Waals surface area contributed by atoms with Crippen molar-refractivity contribution in [2.75, 3.05) is 13.1 Å². The number of nitrogens with one attached hydrogen (secondary N) is 3. The first-order chi connectivity index (χ1) is 8.80. The maximum absolute atomic E-state index is 4.04. The van der Waals surface area contributed by atoms with E-state index >= 15 is 0 Å². The zero-order valence-corrected chi connectivity index (χ0v) is 13.6. The van der Waals surface area contributed by atoms with Crippen molar-refractivity contribution in [3.63, 3.8) is 0 Å². The van der Waals surface area contributed by atoms with Crippen LogP contribution in [-0.4, -0.2) is 34.5 Å². The van der Waals surface area contributed by atoms with Gasteiger partial charge in [0.1, 0.15) is 0 Å². The monoisotopic (exact) mass is 269 g/mol. The van der Waals surface area contributed by atoms with Crippen molar-refractivity contribution in [2.45, 2.75) is 76.0 Å². The molecular formula is C14H31N3Si. The predicted molar refractivity (Wildman–Crippen MR) is 81.6 cm³/mol. The van der Waals surface area contributed by atoms with Crippen molar-refractivity contribution in [1.82, 2.24) is 15.6 Å². The van der Waals surface area contributed by atoms with Gasteiger partial charge in [0, 0.05) is 6.04 Å². The van der Waals surface area contributed by atoms with Crippen LogP contribution in [0.25, 0.3) is 0 Å². The molecule has 3 N–H and O–H groups in total. The summed E-state index contributed by atoms with van der Waals surface area (Å²) in [5.41, 5.74) is 1.28.